The van der Waals surface area contributed by atoms with Gasteiger partial charge < -0.3 is 5.32 Å². The highest BCUT2D eigenvalue weighted by Crippen LogP contribution is 2.09. The standard InChI is InChI=1S/C13H13N7/c1-10-15-5-4-12(19-10)7-16-11-2-3-13(17-6-11)20-9-14-8-18-20/h2-6,8-9,16H,7H2,1H3. The van der Waals surface area contributed by atoms with Gasteiger partial charge >= 0.3 is 0 Å². The van der Waals surface area contributed by atoms with Crippen molar-refractivity contribution in [1.82, 2.24) is 29.7 Å². The molecule has 0 amide bonds. The summed E-state index contributed by atoms with van der Waals surface area (Å²) in [6, 6.07) is 5.71. The van der Waals surface area contributed by atoms with Crippen LogP contribution in [0.2, 0.25) is 0 Å². The second kappa shape index (κ2) is 5.43. The van der Waals surface area contributed by atoms with Crippen molar-refractivity contribution in [2.24, 2.45) is 0 Å². The van der Waals surface area contributed by atoms with Crippen LogP contribution >= 0.6 is 0 Å². The molecule has 0 bridgehead atoms. The quantitative estimate of drug-likeness (QED) is 0.769. The molecule has 0 saturated carbocycles. The molecular formula is C13H13N7. The van der Waals surface area contributed by atoms with Crippen LogP contribution in [0.15, 0.2) is 43.2 Å². The van der Waals surface area contributed by atoms with Crippen molar-refractivity contribution in [2.75, 3.05) is 5.32 Å². The van der Waals surface area contributed by atoms with E-state index in [4.69, 9.17) is 0 Å². The lowest BCUT2D eigenvalue weighted by molar-refractivity contribution is 0.845. The van der Waals surface area contributed by atoms with E-state index in [1.807, 2.05) is 25.1 Å². The number of pyridine rings is 1. The molecule has 20 heavy (non-hydrogen) atoms. The van der Waals surface area contributed by atoms with Gasteiger partial charge in [-0.3, -0.25) is 0 Å². The Morgan fingerprint density at radius 2 is 2.15 bits per heavy atom. The van der Waals surface area contributed by atoms with E-state index in [-0.39, 0.29) is 0 Å². The summed E-state index contributed by atoms with van der Waals surface area (Å²) in [5.41, 5.74) is 1.86. The molecule has 0 aliphatic carbocycles. The zero-order valence-corrected chi connectivity index (χ0v) is 10.9. The molecule has 0 spiro atoms. The minimum absolute atomic E-state index is 0.633. The Balaban J connectivity index is 1.67. The first-order valence-electron chi connectivity index (χ1n) is 6.15. The van der Waals surface area contributed by atoms with Gasteiger partial charge in [-0.25, -0.2) is 24.6 Å². The second-order valence-electron chi connectivity index (χ2n) is 4.19. The minimum Gasteiger partial charge on any atom is -0.378 e. The van der Waals surface area contributed by atoms with E-state index >= 15 is 0 Å². The molecule has 0 saturated heterocycles. The van der Waals surface area contributed by atoms with Gasteiger partial charge in [0.25, 0.3) is 0 Å². The van der Waals surface area contributed by atoms with Crippen LogP contribution in [0.4, 0.5) is 5.69 Å². The predicted molar refractivity (Wildman–Crippen MR) is 73.2 cm³/mol. The van der Waals surface area contributed by atoms with Crippen molar-refractivity contribution in [3.05, 3.63) is 54.8 Å². The van der Waals surface area contributed by atoms with Crippen LogP contribution < -0.4 is 5.32 Å². The van der Waals surface area contributed by atoms with Crippen molar-refractivity contribution in [3.63, 3.8) is 0 Å². The maximum atomic E-state index is 4.33. The third-order valence-electron chi connectivity index (χ3n) is 2.71. The average molecular weight is 267 g/mol. The lowest BCUT2D eigenvalue weighted by atomic mass is 10.3. The summed E-state index contributed by atoms with van der Waals surface area (Å²) in [7, 11) is 0. The SMILES string of the molecule is Cc1nccc(CNc2ccc(-n3cncn3)nc2)n1. The first-order chi connectivity index (χ1) is 9.81. The molecule has 0 aromatic carbocycles. The van der Waals surface area contributed by atoms with Crippen molar-refractivity contribution in [1.29, 1.82) is 0 Å². The van der Waals surface area contributed by atoms with E-state index in [1.165, 1.54) is 6.33 Å². The average Bonchev–Trinajstić information content (AvgIpc) is 3.00. The van der Waals surface area contributed by atoms with Gasteiger partial charge in [-0.1, -0.05) is 0 Å². The Morgan fingerprint density at radius 1 is 1.20 bits per heavy atom. The number of hydrogen-bond acceptors (Lipinski definition) is 6. The zero-order valence-electron chi connectivity index (χ0n) is 10.9. The Hall–Kier alpha value is -2.83. The molecule has 0 aliphatic heterocycles. The Bertz CT molecular complexity index is 676. The summed E-state index contributed by atoms with van der Waals surface area (Å²) in [5, 5.41) is 7.29. The molecule has 0 aliphatic rings. The third kappa shape index (κ3) is 2.77. The first kappa shape index (κ1) is 12.2. The fourth-order valence-corrected chi connectivity index (χ4v) is 1.75. The fourth-order valence-electron chi connectivity index (χ4n) is 1.75. The van der Waals surface area contributed by atoms with Crippen LogP contribution in [0.1, 0.15) is 11.5 Å². The van der Waals surface area contributed by atoms with Crippen molar-refractivity contribution >= 4 is 5.69 Å². The number of aromatic nitrogens is 6. The molecule has 0 atom stereocenters. The molecule has 3 heterocycles. The summed E-state index contributed by atoms with van der Waals surface area (Å²) in [5.74, 6) is 1.50. The minimum atomic E-state index is 0.633. The first-order valence-corrected chi connectivity index (χ1v) is 6.15. The van der Waals surface area contributed by atoms with Crippen LogP contribution in [0, 0.1) is 6.92 Å². The molecule has 0 unspecified atom stereocenters. The summed E-state index contributed by atoms with van der Waals surface area (Å²) < 4.78 is 1.61. The van der Waals surface area contributed by atoms with Crippen molar-refractivity contribution in [2.45, 2.75) is 13.5 Å². The molecule has 7 heteroatoms. The number of rotatable bonds is 4. The van der Waals surface area contributed by atoms with E-state index < -0.39 is 0 Å². The number of nitrogens with zero attached hydrogens (tertiary/aromatic N) is 6. The molecule has 3 aromatic heterocycles. The summed E-state index contributed by atoms with van der Waals surface area (Å²) in [6.07, 6.45) is 6.60. The number of nitrogens with one attached hydrogen (secondary N) is 1. The largest absolute Gasteiger partial charge is 0.378 e. The molecule has 3 aromatic rings. The Morgan fingerprint density at radius 3 is 2.85 bits per heavy atom. The molecule has 3 rings (SSSR count). The number of aryl methyl sites for hydroxylation is 1. The van der Waals surface area contributed by atoms with Crippen LogP contribution in [-0.4, -0.2) is 29.7 Å². The molecule has 100 valence electrons. The lowest BCUT2D eigenvalue weighted by Crippen LogP contribution is -2.04. The van der Waals surface area contributed by atoms with Crippen LogP contribution in [0.5, 0.6) is 0 Å². The Labute approximate surface area is 115 Å². The maximum absolute atomic E-state index is 4.33. The van der Waals surface area contributed by atoms with E-state index in [2.05, 4.69) is 30.4 Å². The van der Waals surface area contributed by atoms with Gasteiger partial charge in [0.1, 0.15) is 18.5 Å². The van der Waals surface area contributed by atoms with Gasteiger partial charge in [0.05, 0.1) is 24.1 Å². The van der Waals surface area contributed by atoms with Crippen LogP contribution in [0.3, 0.4) is 0 Å². The molecule has 0 radical (unpaired) electrons. The lowest BCUT2D eigenvalue weighted by Gasteiger charge is -2.06. The highest BCUT2D eigenvalue weighted by molar-refractivity contribution is 5.43. The molecule has 1 N–H and O–H groups in total. The summed E-state index contributed by atoms with van der Waals surface area (Å²) in [6.45, 7) is 2.51. The van der Waals surface area contributed by atoms with E-state index in [0.717, 1.165) is 23.0 Å². The molecule has 0 fully saturated rings. The van der Waals surface area contributed by atoms with Gasteiger partial charge in [0.2, 0.25) is 0 Å². The van der Waals surface area contributed by atoms with Gasteiger partial charge in [0.15, 0.2) is 5.82 Å². The number of hydrogen-bond donors (Lipinski definition) is 1. The topological polar surface area (TPSA) is 81.4 Å². The van der Waals surface area contributed by atoms with Gasteiger partial charge in [-0.2, -0.15) is 5.10 Å². The maximum Gasteiger partial charge on any atom is 0.155 e. The third-order valence-corrected chi connectivity index (χ3v) is 2.71. The Kier molecular flexibility index (Phi) is 3.32. The van der Waals surface area contributed by atoms with E-state index in [9.17, 15) is 0 Å². The fraction of sp³-hybridized carbons (Fsp3) is 0.154. The van der Waals surface area contributed by atoms with Crippen LogP contribution in [-0.2, 0) is 6.54 Å². The van der Waals surface area contributed by atoms with E-state index in [0.29, 0.717) is 6.54 Å². The molecule has 7 nitrogen and oxygen atoms in total. The van der Waals surface area contributed by atoms with Gasteiger partial charge in [0, 0.05) is 6.20 Å². The highest BCUT2D eigenvalue weighted by Gasteiger charge is 2.00. The smallest absolute Gasteiger partial charge is 0.155 e. The van der Waals surface area contributed by atoms with Crippen LogP contribution in [0.25, 0.3) is 5.82 Å². The number of anilines is 1. The summed E-state index contributed by atoms with van der Waals surface area (Å²) >= 11 is 0. The van der Waals surface area contributed by atoms with Crippen molar-refractivity contribution < 1.29 is 0 Å². The highest BCUT2D eigenvalue weighted by atomic mass is 15.3. The summed E-state index contributed by atoms with van der Waals surface area (Å²) in [4.78, 5) is 16.6. The van der Waals surface area contributed by atoms with Gasteiger partial charge in [-0.15, -0.1) is 0 Å². The monoisotopic (exact) mass is 267 g/mol. The zero-order chi connectivity index (χ0) is 13.8. The normalized spacial score (nSPS) is 10.4. The predicted octanol–water partition coefficient (Wildman–Crippen LogP) is 1.37. The van der Waals surface area contributed by atoms with E-state index in [1.54, 1.807) is 23.4 Å². The second-order valence-corrected chi connectivity index (χ2v) is 4.19. The van der Waals surface area contributed by atoms with Gasteiger partial charge in [-0.05, 0) is 25.1 Å². The molecular weight excluding hydrogens is 254 g/mol. The van der Waals surface area contributed by atoms with Crippen molar-refractivity contribution in [3.8, 4) is 5.82 Å².